The van der Waals surface area contributed by atoms with Gasteiger partial charge in [-0.3, -0.25) is 4.79 Å². The highest BCUT2D eigenvalue weighted by Crippen LogP contribution is 2.09. The van der Waals surface area contributed by atoms with Gasteiger partial charge in [0, 0.05) is 19.6 Å². The minimum Gasteiger partial charge on any atom is -0.381 e. The van der Waals surface area contributed by atoms with Gasteiger partial charge in [0.15, 0.2) is 0 Å². The van der Waals surface area contributed by atoms with Gasteiger partial charge >= 0.3 is 0 Å². The number of carbonyl (C=O) groups excluding carboxylic acids is 1. The van der Waals surface area contributed by atoms with Crippen molar-refractivity contribution in [2.75, 3.05) is 13.2 Å². The van der Waals surface area contributed by atoms with E-state index in [4.69, 9.17) is 10.5 Å². The lowest BCUT2D eigenvalue weighted by Gasteiger charge is -1.99. The number of amides is 1. The average Bonchev–Trinajstić information content (AvgIpc) is 2.65. The van der Waals surface area contributed by atoms with Crippen molar-refractivity contribution in [1.82, 2.24) is 0 Å². The molecule has 0 aromatic heterocycles. The molecule has 3 nitrogen and oxygen atoms in total. The molecule has 0 saturated carbocycles. The number of allylic oxidation sites excluding steroid dienone is 2. The zero-order valence-corrected chi connectivity index (χ0v) is 18.8. The number of primary amides is 1. The van der Waals surface area contributed by atoms with Crippen LogP contribution in [0.15, 0.2) is 12.2 Å². The summed E-state index contributed by atoms with van der Waals surface area (Å²) < 4.78 is 5.13. The lowest BCUT2D eigenvalue weighted by molar-refractivity contribution is -0.118. The van der Waals surface area contributed by atoms with E-state index < -0.39 is 0 Å². The third-order valence-corrected chi connectivity index (χ3v) is 4.38. The predicted octanol–water partition coefficient (Wildman–Crippen LogP) is 7.33. The number of rotatable bonds is 19. The minimum atomic E-state index is -0.164. The molecule has 0 aliphatic carbocycles. The van der Waals surface area contributed by atoms with Crippen LogP contribution in [0.5, 0.6) is 0 Å². The van der Waals surface area contributed by atoms with Gasteiger partial charge in [-0.15, -0.1) is 0 Å². The highest BCUT2D eigenvalue weighted by molar-refractivity contribution is 5.73. The van der Waals surface area contributed by atoms with Crippen LogP contribution in [-0.4, -0.2) is 19.1 Å². The molecular formula is C24H49NO2. The number of unbranched alkanes of at least 4 members (excludes halogenated alkanes) is 11. The summed E-state index contributed by atoms with van der Waals surface area (Å²) in [4.78, 5) is 10.5. The molecule has 0 atom stereocenters. The van der Waals surface area contributed by atoms with Gasteiger partial charge in [-0.25, -0.2) is 0 Å². The predicted molar refractivity (Wildman–Crippen MR) is 120 cm³/mol. The van der Waals surface area contributed by atoms with Crippen molar-refractivity contribution >= 4 is 5.91 Å². The van der Waals surface area contributed by atoms with E-state index in [-0.39, 0.29) is 5.91 Å². The van der Waals surface area contributed by atoms with Crippen LogP contribution < -0.4 is 5.73 Å². The van der Waals surface area contributed by atoms with E-state index in [1.807, 2.05) is 0 Å². The molecule has 0 fully saturated rings. The molecule has 0 saturated heterocycles. The van der Waals surface area contributed by atoms with Crippen molar-refractivity contribution in [3.8, 4) is 0 Å². The topological polar surface area (TPSA) is 52.3 Å². The molecule has 3 heteroatoms. The zero-order chi connectivity index (χ0) is 20.4. The van der Waals surface area contributed by atoms with Crippen LogP contribution in [0.3, 0.4) is 0 Å². The molecule has 2 N–H and O–H groups in total. The maximum Gasteiger partial charge on any atom is 0.217 e. The van der Waals surface area contributed by atoms with Crippen LogP contribution in [0.25, 0.3) is 0 Å². The van der Waals surface area contributed by atoms with Gasteiger partial charge in [0.05, 0.1) is 0 Å². The Morgan fingerprint density at radius 3 is 1.56 bits per heavy atom. The van der Waals surface area contributed by atoms with Gasteiger partial charge < -0.3 is 10.5 Å². The van der Waals surface area contributed by atoms with E-state index in [0.29, 0.717) is 6.42 Å². The van der Waals surface area contributed by atoms with Crippen molar-refractivity contribution in [1.29, 1.82) is 0 Å². The third-order valence-electron chi connectivity index (χ3n) is 4.38. The maximum atomic E-state index is 10.5. The van der Waals surface area contributed by atoms with Crippen molar-refractivity contribution < 1.29 is 9.53 Å². The lowest BCUT2D eigenvalue weighted by Crippen LogP contribution is -2.09. The Hall–Kier alpha value is -0.830. The Balaban J connectivity index is 0. The van der Waals surface area contributed by atoms with E-state index >= 15 is 0 Å². The summed E-state index contributed by atoms with van der Waals surface area (Å²) in [5.74, 6) is -0.164. The van der Waals surface area contributed by atoms with E-state index in [9.17, 15) is 4.79 Å². The molecule has 27 heavy (non-hydrogen) atoms. The molecule has 0 radical (unpaired) electrons. The van der Waals surface area contributed by atoms with Crippen LogP contribution in [0.1, 0.15) is 124 Å². The first-order valence-electron chi connectivity index (χ1n) is 11.7. The van der Waals surface area contributed by atoms with Gasteiger partial charge in [-0.05, 0) is 44.9 Å². The summed E-state index contributed by atoms with van der Waals surface area (Å²) >= 11 is 0. The first-order chi connectivity index (χ1) is 13.2. The Morgan fingerprint density at radius 2 is 1.11 bits per heavy atom. The van der Waals surface area contributed by atoms with Crippen molar-refractivity contribution in [3.63, 3.8) is 0 Å². The highest BCUT2D eigenvalue weighted by Gasteiger charge is 1.94. The van der Waals surface area contributed by atoms with Crippen LogP contribution >= 0.6 is 0 Å². The summed E-state index contributed by atoms with van der Waals surface area (Å²) in [5, 5.41) is 0. The largest absolute Gasteiger partial charge is 0.381 e. The number of nitrogens with two attached hydrogens (primary N) is 1. The number of ether oxygens (including phenoxy) is 1. The summed E-state index contributed by atoms with van der Waals surface area (Å²) in [6.07, 6.45) is 24.2. The number of hydrogen-bond donors (Lipinski definition) is 1. The quantitative estimate of drug-likeness (QED) is 0.187. The second-order valence-electron chi connectivity index (χ2n) is 7.41. The van der Waals surface area contributed by atoms with Gasteiger partial charge in [0.2, 0.25) is 5.91 Å². The molecular weight excluding hydrogens is 334 g/mol. The average molecular weight is 384 g/mol. The van der Waals surface area contributed by atoms with E-state index in [2.05, 4.69) is 32.9 Å². The molecule has 162 valence electrons. The molecule has 0 spiro atoms. The summed E-state index contributed by atoms with van der Waals surface area (Å²) in [7, 11) is 0. The molecule has 0 aromatic rings. The Bertz CT molecular complexity index is 299. The molecule has 0 aliphatic rings. The van der Waals surface area contributed by atoms with Crippen LogP contribution in [0.2, 0.25) is 0 Å². The minimum absolute atomic E-state index is 0.164. The lowest BCUT2D eigenvalue weighted by atomic mass is 10.1. The summed E-state index contributed by atoms with van der Waals surface area (Å²) in [6, 6.07) is 0. The normalized spacial score (nSPS) is 10.8. The fourth-order valence-corrected chi connectivity index (χ4v) is 2.76. The molecule has 0 bridgehead atoms. The van der Waals surface area contributed by atoms with Crippen molar-refractivity contribution in [2.45, 2.75) is 124 Å². The smallest absolute Gasteiger partial charge is 0.217 e. The Morgan fingerprint density at radius 1 is 0.667 bits per heavy atom. The number of hydrogen-bond acceptors (Lipinski definition) is 2. The fraction of sp³-hybridized carbons (Fsp3) is 0.875. The monoisotopic (exact) mass is 383 g/mol. The van der Waals surface area contributed by atoms with Crippen molar-refractivity contribution in [2.24, 2.45) is 5.73 Å². The van der Waals surface area contributed by atoms with Gasteiger partial charge in [0.1, 0.15) is 0 Å². The zero-order valence-electron chi connectivity index (χ0n) is 18.8. The highest BCUT2D eigenvalue weighted by atomic mass is 16.5. The maximum absolute atomic E-state index is 10.5. The molecule has 0 aromatic carbocycles. The first kappa shape index (κ1) is 28.4. The van der Waals surface area contributed by atoms with Gasteiger partial charge in [-0.2, -0.15) is 0 Å². The second kappa shape index (κ2) is 27.4. The second-order valence-corrected chi connectivity index (χ2v) is 7.41. The van der Waals surface area contributed by atoms with Crippen LogP contribution in [-0.2, 0) is 9.53 Å². The summed E-state index contributed by atoms with van der Waals surface area (Å²) in [5.41, 5.74) is 5.10. The molecule has 1 amide bonds. The van der Waals surface area contributed by atoms with Gasteiger partial charge in [0.25, 0.3) is 0 Å². The Kier molecular flexibility index (Phi) is 28.8. The molecule has 0 unspecified atom stereocenters. The van der Waals surface area contributed by atoms with E-state index in [0.717, 1.165) is 38.9 Å². The molecule has 0 rings (SSSR count). The van der Waals surface area contributed by atoms with Crippen molar-refractivity contribution in [3.05, 3.63) is 12.2 Å². The standard InChI is InChI=1S/C18H35NO.C6H14O/c1-2-3-4-5-6-7-8-9-10-11-12-13-14-15-16-17-18(19)20;1-3-5-7-6-4-2/h9-10H,2-8,11-17H2,1H3,(H2,19,20);3-6H2,1-2H3/b10-9-;. The van der Waals surface area contributed by atoms with Crippen LogP contribution in [0, 0.1) is 0 Å². The van der Waals surface area contributed by atoms with E-state index in [1.54, 1.807) is 0 Å². The Labute approximate surface area is 170 Å². The fourth-order valence-electron chi connectivity index (χ4n) is 2.76. The molecule has 0 heterocycles. The van der Waals surface area contributed by atoms with Crippen LogP contribution in [0.4, 0.5) is 0 Å². The number of carbonyl (C=O) groups is 1. The SMILES string of the molecule is CCCCCCCC/C=C\CCCCCCCC(N)=O.CCCOCCC. The molecule has 0 aliphatic heterocycles. The summed E-state index contributed by atoms with van der Waals surface area (Å²) in [6.45, 7) is 8.35. The third kappa shape index (κ3) is 33.2. The first-order valence-corrected chi connectivity index (χ1v) is 11.7. The van der Waals surface area contributed by atoms with E-state index in [1.165, 1.54) is 70.6 Å². The van der Waals surface area contributed by atoms with Gasteiger partial charge in [-0.1, -0.05) is 84.3 Å².